The summed E-state index contributed by atoms with van der Waals surface area (Å²) in [6.07, 6.45) is 1.72. The molecule has 4 nitrogen and oxygen atoms in total. The molecular weight excluding hydrogens is 286 g/mol. The molecule has 0 N–H and O–H groups in total. The number of benzene rings is 1. The van der Waals surface area contributed by atoms with Crippen molar-refractivity contribution >= 4 is 22.6 Å². The minimum absolute atomic E-state index is 0.685. The summed E-state index contributed by atoms with van der Waals surface area (Å²) in [5.41, 5.74) is 1.71. The number of aromatic nitrogens is 3. The molecule has 0 aliphatic heterocycles. The number of ether oxygens (including phenoxy) is 1. The topological polar surface area (TPSA) is 39.9 Å². The van der Waals surface area contributed by atoms with Crippen molar-refractivity contribution in [1.82, 2.24) is 14.8 Å². The molecule has 3 aromatic rings. The molecule has 21 heavy (non-hydrogen) atoms. The number of aryl methyl sites for hydroxylation is 2. The predicted molar refractivity (Wildman–Crippen MR) is 86.1 cm³/mol. The van der Waals surface area contributed by atoms with Crippen LogP contribution in [0.3, 0.4) is 0 Å². The fourth-order valence-corrected chi connectivity index (χ4v) is 2.18. The van der Waals surface area contributed by atoms with Crippen LogP contribution in [0.15, 0.2) is 36.5 Å². The maximum atomic E-state index is 5.89. The molecule has 0 radical (unpaired) electrons. The summed E-state index contributed by atoms with van der Waals surface area (Å²) in [5, 5.41) is 5.98. The summed E-state index contributed by atoms with van der Waals surface area (Å²) in [6, 6.07) is 9.10. The van der Waals surface area contributed by atoms with Crippen LogP contribution in [0, 0.1) is 6.92 Å². The van der Waals surface area contributed by atoms with Gasteiger partial charge < -0.3 is 4.74 Å². The molecule has 0 amide bonds. The van der Waals surface area contributed by atoms with Crippen LogP contribution in [-0.2, 0) is 7.05 Å². The third-order valence-electron chi connectivity index (χ3n) is 2.90. The van der Waals surface area contributed by atoms with E-state index in [0.29, 0.717) is 5.02 Å². The number of halogens is 1. The van der Waals surface area contributed by atoms with Gasteiger partial charge in [0.2, 0.25) is 0 Å². The monoisotopic (exact) mass is 303 g/mol. The molecular formula is C16H18ClN3O. The predicted octanol–water partition coefficient (Wildman–Crippen LogP) is 4.75. The van der Waals surface area contributed by atoms with Gasteiger partial charge in [-0.25, -0.2) is 4.98 Å². The minimum atomic E-state index is 0.685. The fraction of sp³-hybridized carbons (Fsp3) is 0.250. The van der Waals surface area contributed by atoms with E-state index in [0.717, 1.165) is 28.2 Å². The first-order valence-electron chi connectivity index (χ1n) is 6.87. The SMILES string of the molecule is CC.Cc1nn(C)c2nccc(Oc3ccc(Cl)cc3)c12. The molecule has 0 saturated heterocycles. The molecule has 0 saturated carbocycles. The zero-order valence-corrected chi connectivity index (χ0v) is 13.3. The molecule has 0 aliphatic carbocycles. The number of pyridine rings is 1. The Bertz CT molecular complexity index is 735. The largest absolute Gasteiger partial charge is 0.456 e. The van der Waals surface area contributed by atoms with E-state index in [4.69, 9.17) is 16.3 Å². The molecule has 0 spiro atoms. The maximum absolute atomic E-state index is 5.89. The van der Waals surface area contributed by atoms with E-state index in [9.17, 15) is 0 Å². The van der Waals surface area contributed by atoms with Crippen molar-refractivity contribution in [2.24, 2.45) is 7.05 Å². The molecule has 2 aromatic heterocycles. The second-order valence-electron chi connectivity index (χ2n) is 4.27. The van der Waals surface area contributed by atoms with Crippen LogP contribution in [-0.4, -0.2) is 14.8 Å². The average Bonchev–Trinajstić information content (AvgIpc) is 2.80. The number of hydrogen-bond acceptors (Lipinski definition) is 3. The van der Waals surface area contributed by atoms with Crippen molar-refractivity contribution in [3.8, 4) is 11.5 Å². The third-order valence-corrected chi connectivity index (χ3v) is 3.15. The molecule has 3 rings (SSSR count). The van der Waals surface area contributed by atoms with Gasteiger partial charge in [0.15, 0.2) is 5.65 Å². The molecule has 2 heterocycles. The lowest BCUT2D eigenvalue weighted by molar-refractivity contribution is 0.487. The number of rotatable bonds is 2. The Morgan fingerprint density at radius 3 is 2.43 bits per heavy atom. The summed E-state index contributed by atoms with van der Waals surface area (Å²) >= 11 is 5.86. The van der Waals surface area contributed by atoms with Crippen molar-refractivity contribution in [3.63, 3.8) is 0 Å². The van der Waals surface area contributed by atoms with Gasteiger partial charge in [-0.2, -0.15) is 5.10 Å². The van der Waals surface area contributed by atoms with Gasteiger partial charge in [-0.05, 0) is 37.3 Å². The zero-order chi connectivity index (χ0) is 15.4. The maximum Gasteiger partial charge on any atom is 0.161 e. The Labute approximate surface area is 129 Å². The van der Waals surface area contributed by atoms with E-state index in [2.05, 4.69) is 10.1 Å². The van der Waals surface area contributed by atoms with Crippen LogP contribution in [0.5, 0.6) is 11.5 Å². The smallest absolute Gasteiger partial charge is 0.161 e. The van der Waals surface area contributed by atoms with Gasteiger partial charge in [0.05, 0.1) is 11.1 Å². The van der Waals surface area contributed by atoms with E-state index in [1.54, 1.807) is 23.0 Å². The highest BCUT2D eigenvalue weighted by Gasteiger charge is 2.12. The molecule has 110 valence electrons. The van der Waals surface area contributed by atoms with Crippen LogP contribution in [0.2, 0.25) is 5.02 Å². The lowest BCUT2D eigenvalue weighted by Gasteiger charge is -2.07. The standard InChI is InChI=1S/C14H12ClN3O.C2H6/c1-9-13-12(7-8-16-14(13)18(2)17-9)19-11-5-3-10(15)4-6-11;1-2/h3-8H,1-2H3;1-2H3. The third kappa shape index (κ3) is 3.16. The first-order chi connectivity index (χ1) is 10.1. The van der Waals surface area contributed by atoms with Crippen molar-refractivity contribution < 1.29 is 4.74 Å². The van der Waals surface area contributed by atoms with Gasteiger partial charge in [0, 0.05) is 18.3 Å². The van der Waals surface area contributed by atoms with Gasteiger partial charge in [-0.1, -0.05) is 25.4 Å². The van der Waals surface area contributed by atoms with E-state index in [1.807, 2.05) is 46.0 Å². The Kier molecular flexibility index (Phi) is 4.81. The molecule has 0 atom stereocenters. The first-order valence-corrected chi connectivity index (χ1v) is 7.24. The average molecular weight is 304 g/mol. The van der Waals surface area contributed by atoms with Crippen molar-refractivity contribution in [2.75, 3.05) is 0 Å². The summed E-state index contributed by atoms with van der Waals surface area (Å²) in [7, 11) is 1.87. The summed E-state index contributed by atoms with van der Waals surface area (Å²) in [5.74, 6) is 1.48. The molecule has 1 aromatic carbocycles. The Morgan fingerprint density at radius 1 is 1.10 bits per heavy atom. The lowest BCUT2D eigenvalue weighted by Crippen LogP contribution is -1.92. The highest BCUT2D eigenvalue weighted by Crippen LogP contribution is 2.31. The molecule has 0 bridgehead atoms. The van der Waals surface area contributed by atoms with Gasteiger partial charge in [-0.3, -0.25) is 4.68 Å². The van der Waals surface area contributed by atoms with Gasteiger partial charge in [0.1, 0.15) is 11.5 Å². The van der Waals surface area contributed by atoms with Crippen LogP contribution in [0.25, 0.3) is 11.0 Å². The summed E-state index contributed by atoms with van der Waals surface area (Å²) < 4.78 is 7.64. The summed E-state index contributed by atoms with van der Waals surface area (Å²) in [6.45, 7) is 5.94. The molecule has 5 heteroatoms. The zero-order valence-electron chi connectivity index (χ0n) is 12.6. The number of fused-ring (bicyclic) bond motifs is 1. The van der Waals surface area contributed by atoms with Gasteiger partial charge in [-0.15, -0.1) is 0 Å². The van der Waals surface area contributed by atoms with E-state index in [1.165, 1.54) is 0 Å². The van der Waals surface area contributed by atoms with Gasteiger partial charge >= 0.3 is 0 Å². The summed E-state index contributed by atoms with van der Waals surface area (Å²) in [4.78, 5) is 4.32. The fourth-order valence-electron chi connectivity index (χ4n) is 2.06. The van der Waals surface area contributed by atoms with Crippen LogP contribution >= 0.6 is 11.6 Å². The van der Waals surface area contributed by atoms with E-state index < -0.39 is 0 Å². The lowest BCUT2D eigenvalue weighted by atomic mass is 10.2. The quantitative estimate of drug-likeness (QED) is 0.686. The van der Waals surface area contributed by atoms with Crippen LogP contribution < -0.4 is 4.74 Å². The van der Waals surface area contributed by atoms with Crippen molar-refractivity contribution in [2.45, 2.75) is 20.8 Å². The molecule has 0 unspecified atom stereocenters. The molecule has 0 fully saturated rings. The second-order valence-corrected chi connectivity index (χ2v) is 4.71. The number of nitrogens with zero attached hydrogens (tertiary/aromatic N) is 3. The minimum Gasteiger partial charge on any atom is -0.456 e. The first kappa shape index (κ1) is 15.3. The number of hydrogen-bond donors (Lipinski definition) is 0. The van der Waals surface area contributed by atoms with E-state index >= 15 is 0 Å². The normalized spacial score (nSPS) is 10.1. The van der Waals surface area contributed by atoms with Crippen molar-refractivity contribution in [1.29, 1.82) is 0 Å². The Morgan fingerprint density at radius 2 is 1.76 bits per heavy atom. The van der Waals surface area contributed by atoms with Crippen LogP contribution in [0.4, 0.5) is 0 Å². The Balaban J connectivity index is 0.000000774. The highest BCUT2D eigenvalue weighted by molar-refractivity contribution is 6.30. The van der Waals surface area contributed by atoms with Crippen LogP contribution in [0.1, 0.15) is 19.5 Å². The second kappa shape index (κ2) is 6.59. The van der Waals surface area contributed by atoms with E-state index in [-0.39, 0.29) is 0 Å². The van der Waals surface area contributed by atoms with Crippen molar-refractivity contribution in [3.05, 3.63) is 47.2 Å². The highest BCUT2D eigenvalue weighted by atomic mass is 35.5. The molecule has 0 aliphatic rings. The van der Waals surface area contributed by atoms with Gasteiger partial charge in [0.25, 0.3) is 0 Å². The Hall–Kier alpha value is -2.07.